The largest absolute Gasteiger partial charge is 0.316 e. The second-order valence-corrected chi connectivity index (χ2v) is 5.94. The molecule has 0 aliphatic heterocycles. The maximum Gasteiger partial charge on any atom is 0.0621 e. The van der Waals surface area contributed by atoms with Gasteiger partial charge in [0.15, 0.2) is 0 Å². The Balaban J connectivity index is 1.86. The Bertz CT molecular complexity index is 579. The number of aromatic nitrogens is 1. The highest BCUT2D eigenvalue weighted by Crippen LogP contribution is 2.51. The van der Waals surface area contributed by atoms with Gasteiger partial charge in [0.25, 0.3) is 0 Å². The van der Waals surface area contributed by atoms with Gasteiger partial charge in [0, 0.05) is 23.9 Å². The molecule has 0 saturated heterocycles. The van der Waals surface area contributed by atoms with Crippen molar-refractivity contribution >= 4 is 11.6 Å². The van der Waals surface area contributed by atoms with E-state index < -0.39 is 0 Å². The summed E-state index contributed by atoms with van der Waals surface area (Å²) in [5.41, 5.74) is 2.87. The first kappa shape index (κ1) is 13.6. The van der Waals surface area contributed by atoms with E-state index in [0.29, 0.717) is 6.04 Å². The molecule has 1 atom stereocenters. The van der Waals surface area contributed by atoms with E-state index in [2.05, 4.69) is 40.6 Å². The second-order valence-electron chi connectivity index (χ2n) is 5.53. The molecule has 2 nitrogen and oxygen atoms in total. The van der Waals surface area contributed by atoms with Crippen molar-refractivity contribution < 1.29 is 0 Å². The van der Waals surface area contributed by atoms with E-state index in [1.54, 1.807) is 6.20 Å². The van der Waals surface area contributed by atoms with Crippen LogP contribution in [0.4, 0.5) is 0 Å². The van der Waals surface area contributed by atoms with Crippen molar-refractivity contribution in [3.63, 3.8) is 0 Å². The summed E-state index contributed by atoms with van der Waals surface area (Å²) in [5.74, 6) is 0. The van der Waals surface area contributed by atoms with E-state index in [0.717, 1.165) is 11.4 Å². The van der Waals surface area contributed by atoms with Crippen LogP contribution >= 0.6 is 11.6 Å². The first-order chi connectivity index (χ1) is 9.76. The minimum atomic E-state index is 0.266. The number of nitrogens with zero attached hydrogens (tertiary/aromatic N) is 1. The number of rotatable bonds is 5. The van der Waals surface area contributed by atoms with Gasteiger partial charge in [-0.05, 0) is 43.5 Å². The fourth-order valence-electron chi connectivity index (χ4n) is 3.11. The molecule has 0 radical (unpaired) electrons. The Kier molecular flexibility index (Phi) is 3.77. The first-order valence-electron chi connectivity index (χ1n) is 7.07. The maximum absolute atomic E-state index is 6.25. The van der Waals surface area contributed by atoms with Crippen molar-refractivity contribution in [1.82, 2.24) is 10.3 Å². The average Bonchev–Trinajstić information content (AvgIpc) is 3.29. The third kappa shape index (κ3) is 2.46. The lowest BCUT2D eigenvalue weighted by molar-refractivity contribution is 0.442. The van der Waals surface area contributed by atoms with Crippen LogP contribution in [0.15, 0.2) is 48.8 Å². The van der Waals surface area contributed by atoms with Gasteiger partial charge in [0.05, 0.1) is 5.02 Å². The third-order valence-electron chi connectivity index (χ3n) is 4.43. The van der Waals surface area contributed by atoms with Gasteiger partial charge >= 0.3 is 0 Å². The number of pyridine rings is 1. The van der Waals surface area contributed by atoms with Gasteiger partial charge in [-0.3, -0.25) is 4.98 Å². The van der Waals surface area contributed by atoms with Crippen molar-refractivity contribution in [2.24, 2.45) is 0 Å². The van der Waals surface area contributed by atoms with Crippen LogP contribution in [0, 0.1) is 0 Å². The number of hydrogen-bond acceptors (Lipinski definition) is 2. The minimum Gasteiger partial charge on any atom is -0.316 e. The van der Waals surface area contributed by atoms with Crippen molar-refractivity contribution in [1.29, 1.82) is 0 Å². The molecule has 20 heavy (non-hydrogen) atoms. The lowest BCUT2D eigenvalue weighted by Crippen LogP contribution is -2.39. The Labute approximate surface area is 125 Å². The van der Waals surface area contributed by atoms with Gasteiger partial charge in [-0.1, -0.05) is 41.9 Å². The molecule has 1 N–H and O–H groups in total. The zero-order valence-electron chi connectivity index (χ0n) is 11.6. The molecule has 104 valence electrons. The highest BCUT2D eigenvalue weighted by atomic mass is 35.5. The zero-order chi connectivity index (χ0) is 14.0. The lowest BCUT2D eigenvalue weighted by atomic mass is 9.84. The number of hydrogen-bond donors (Lipinski definition) is 1. The Morgan fingerprint density at radius 3 is 2.60 bits per heavy atom. The van der Waals surface area contributed by atoms with Crippen molar-refractivity contribution in [3.05, 3.63) is 64.9 Å². The number of benzene rings is 1. The van der Waals surface area contributed by atoms with Gasteiger partial charge < -0.3 is 5.32 Å². The van der Waals surface area contributed by atoms with Gasteiger partial charge in [-0.2, -0.15) is 0 Å². The average molecular weight is 287 g/mol. The molecule has 1 fully saturated rings. The molecule has 1 aromatic heterocycles. The zero-order valence-corrected chi connectivity index (χ0v) is 12.4. The van der Waals surface area contributed by atoms with Crippen LogP contribution < -0.4 is 5.32 Å². The summed E-state index contributed by atoms with van der Waals surface area (Å²) in [5, 5.41) is 4.26. The maximum atomic E-state index is 6.25. The van der Waals surface area contributed by atoms with Crippen molar-refractivity contribution in [3.8, 4) is 0 Å². The Morgan fingerprint density at radius 1 is 1.25 bits per heavy atom. The fraction of sp³-hybridized carbons (Fsp3) is 0.353. The molecule has 1 heterocycles. The summed E-state index contributed by atoms with van der Waals surface area (Å²) in [6, 6.07) is 13.2. The smallest absolute Gasteiger partial charge is 0.0621 e. The molecule has 3 rings (SSSR count). The van der Waals surface area contributed by atoms with Gasteiger partial charge in [0.2, 0.25) is 0 Å². The summed E-state index contributed by atoms with van der Waals surface area (Å²) < 4.78 is 0. The minimum absolute atomic E-state index is 0.266. The molecule has 1 saturated carbocycles. The van der Waals surface area contributed by atoms with Crippen molar-refractivity contribution in [2.45, 2.75) is 30.7 Å². The van der Waals surface area contributed by atoms with Crippen molar-refractivity contribution in [2.75, 3.05) is 7.05 Å². The van der Waals surface area contributed by atoms with Crippen LogP contribution in [0.3, 0.4) is 0 Å². The summed E-state index contributed by atoms with van der Waals surface area (Å²) in [7, 11) is 2.04. The molecule has 0 spiro atoms. The second kappa shape index (κ2) is 5.55. The number of nitrogens with one attached hydrogen (secondary N) is 1. The van der Waals surface area contributed by atoms with Crippen LogP contribution in [-0.4, -0.2) is 18.1 Å². The van der Waals surface area contributed by atoms with E-state index in [9.17, 15) is 0 Å². The van der Waals surface area contributed by atoms with E-state index in [4.69, 9.17) is 11.6 Å². The molecule has 3 heteroatoms. The van der Waals surface area contributed by atoms with E-state index >= 15 is 0 Å². The molecular weight excluding hydrogens is 268 g/mol. The van der Waals surface area contributed by atoms with Gasteiger partial charge in [-0.15, -0.1) is 0 Å². The molecule has 1 aromatic carbocycles. The normalized spacial score (nSPS) is 17.7. The highest BCUT2D eigenvalue weighted by Gasteiger charge is 2.49. The monoisotopic (exact) mass is 286 g/mol. The quantitative estimate of drug-likeness (QED) is 0.908. The Hall–Kier alpha value is -1.38. The van der Waals surface area contributed by atoms with Crippen LogP contribution in [0.25, 0.3) is 0 Å². The van der Waals surface area contributed by atoms with E-state index in [1.165, 1.54) is 24.0 Å². The molecule has 1 unspecified atom stereocenters. The summed E-state index contributed by atoms with van der Waals surface area (Å²) >= 11 is 6.25. The molecular formula is C17H19ClN2. The lowest BCUT2D eigenvalue weighted by Gasteiger charge is -2.27. The number of halogens is 1. The topological polar surface area (TPSA) is 24.9 Å². The number of likely N-dealkylation sites (N-methyl/N-ethyl adjacent to an activating group) is 1. The third-order valence-corrected chi connectivity index (χ3v) is 4.77. The standard InChI is InChI=1S/C17H19ClN2/c1-19-16(11-13-7-10-20-12-15(13)18)17(8-9-17)14-5-3-2-4-6-14/h2-7,10,12,16,19H,8-9,11H2,1H3. The fourth-order valence-corrected chi connectivity index (χ4v) is 3.30. The predicted octanol–water partition coefficient (Wildman–Crippen LogP) is 3.60. The predicted molar refractivity (Wildman–Crippen MR) is 83.2 cm³/mol. The summed E-state index contributed by atoms with van der Waals surface area (Å²) in [6.45, 7) is 0. The molecule has 0 amide bonds. The summed E-state index contributed by atoms with van der Waals surface area (Å²) in [4.78, 5) is 4.06. The summed E-state index contributed by atoms with van der Waals surface area (Å²) in [6.07, 6.45) is 6.96. The van der Waals surface area contributed by atoms with Crippen LogP contribution in [0.2, 0.25) is 5.02 Å². The molecule has 1 aliphatic rings. The van der Waals surface area contributed by atoms with E-state index in [1.807, 2.05) is 19.3 Å². The Morgan fingerprint density at radius 2 is 2.00 bits per heavy atom. The van der Waals surface area contributed by atoms with Crippen LogP contribution in [-0.2, 0) is 11.8 Å². The molecule has 0 bridgehead atoms. The highest BCUT2D eigenvalue weighted by molar-refractivity contribution is 6.31. The molecule has 1 aliphatic carbocycles. The molecule has 2 aromatic rings. The van der Waals surface area contributed by atoms with Gasteiger partial charge in [-0.25, -0.2) is 0 Å². The SMILES string of the molecule is CNC(Cc1ccncc1Cl)C1(c2ccccc2)CC1. The first-order valence-corrected chi connectivity index (χ1v) is 7.45. The van der Waals surface area contributed by atoms with Crippen LogP contribution in [0.1, 0.15) is 24.0 Å². The van der Waals surface area contributed by atoms with E-state index in [-0.39, 0.29) is 5.41 Å². The van der Waals surface area contributed by atoms with Crippen LogP contribution in [0.5, 0.6) is 0 Å². The van der Waals surface area contributed by atoms with Gasteiger partial charge in [0.1, 0.15) is 0 Å².